The molecule has 0 radical (unpaired) electrons. The quantitative estimate of drug-likeness (QED) is 0.803. The second kappa shape index (κ2) is 6.91. The number of amides is 1. The average molecular weight is 353 g/mol. The Balaban J connectivity index is 1.96. The molecule has 0 spiro atoms. The predicted octanol–water partition coefficient (Wildman–Crippen LogP) is 4.30. The van der Waals surface area contributed by atoms with Crippen molar-refractivity contribution in [2.45, 2.75) is 13.0 Å². The van der Waals surface area contributed by atoms with Gasteiger partial charge in [0.15, 0.2) is 0 Å². The summed E-state index contributed by atoms with van der Waals surface area (Å²) in [5.41, 5.74) is 2.08. The minimum atomic E-state index is 0.0954. The van der Waals surface area contributed by atoms with Crippen LogP contribution >= 0.6 is 27.5 Å². The number of likely N-dealkylation sites (N-methyl/N-ethyl adjacent to an activating group) is 1. The smallest absolute Gasteiger partial charge is 0.227 e. The van der Waals surface area contributed by atoms with Gasteiger partial charge < -0.3 is 4.90 Å². The van der Waals surface area contributed by atoms with Crippen LogP contribution in [-0.4, -0.2) is 17.9 Å². The van der Waals surface area contributed by atoms with Crippen LogP contribution in [0.2, 0.25) is 5.02 Å². The first-order valence-electron chi connectivity index (χ1n) is 6.27. The molecule has 0 aliphatic heterocycles. The van der Waals surface area contributed by atoms with Gasteiger partial charge in [0.05, 0.1) is 6.42 Å². The molecule has 0 aliphatic rings. The minimum Gasteiger partial charge on any atom is -0.341 e. The lowest BCUT2D eigenvalue weighted by molar-refractivity contribution is -0.129. The molecule has 0 saturated carbocycles. The molecule has 104 valence electrons. The van der Waals surface area contributed by atoms with E-state index >= 15 is 0 Å². The number of carbonyl (C=O) groups excluding carboxylic acids is 1. The largest absolute Gasteiger partial charge is 0.341 e. The summed E-state index contributed by atoms with van der Waals surface area (Å²) in [4.78, 5) is 13.9. The zero-order valence-electron chi connectivity index (χ0n) is 11.1. The van der Waals surface area contributed by atoms with Crippen molar-refractivity contribution in [2.24, 2.45) is 0 Å². The van der Waals surface area contributed by atoms with Crippen molar-refractivity contribution in [2.75, 3.05) is 7.05 Å². The minimum absolute atomic E-state index is 0.0954. The van der Waals surface area contributed by atoms with E-state index in [2.05, 4.69) is 15.9 Å². The number of hydrogen-bond acceptors (Lipinski definition) is 1. The second-order valence-corrected chi connectivity index (χ2v) is 6.04. The zero-order chi connectivity index (χ0) is 14.5. The van der Waals surface area contributed by atoms with Crippen molar-refractivity contribution in [3.8, 4) is 0 Å². The van der Waals surface area contributed by atoms with E-state index in [1.54, 1.807) is 4.90 Å². The normalized spacial score (nSPS) is 10.3. The number of nitrogens with zero attached hydrogens (tertiary/aromatic N) is 1. The summed E-state index contributed by atoms with van der Waals surface area (Å²) in [6, 6.07) is 15.4. The Bertz CT molecular complexity index is 598. The molecule has 0 aromatic heterocycles. The first kappa shape index (κ1) is 15.1. The molecule has 0 unspecified atom stereocenters. The molecule has 2 aromatic rings. The van der Waals surface area contributed by atoms with Crippen LogP contribution in [-0.2, 0) is 17.8 Å². The monoisotopic (exact) mass is 351 g/mol. The number of hydrogen-bond donors (Lipinski definition) is 0. The molecule has 0 saturated heterocycles. The molecule has 0 N–H and O–H groups in total. The maximum atomic E-state index is 12.2. The summed E-state index contributed by atoms with van der Waals surface area (Å²) in [5.74, 6) is 0.0954. The van der Waals surface area contributed by atoms with Crippen LogP contribution < -0.4 is 0 Å². The van der Waals surface area contributed by atoms with Gasteiger partial charge in [-0.15, -0.1) is 0 Å². The van der Waals surface area contributed by atoms with Crippen molar-refractivity contribution in [1.29, 1.82) is 0 Å². The van der Waals surface area contributed by atoms with Gasteiger partial charge in [-0.25, -0.2) is 0 Å². The van der Waals surface area contributed by atoms with Crippen LogP contribution in [0.5, 0.6) is 0 Å². The van der Waals surface area contributed by atoms with E-state index in [-0.39, 0.29) is 5.91 Å². The molecule has 2 nitrogen and oxygen atoms in total. The molecule has 0 bridgehead atoms. The lowest BCUT2D eigenvalue weighted by Gasteiger charge is -2.17. The molecule has 4 heteroatoms. The fourth-order valence-electron chi connectivity index (χ4n) is 1.91. The summed E-state index contributed by atoms with van der Waals surface area (Å²) < 4.78 is 0.989. The van der Waals surface area contributed by atoms with E-state index in [4.69, 9.17) is 11.6 Å². The highest BCUT2D eigenvalue weighted by Gasteiger charge is 2.10. The Kier molecular flexibility index (Phi) is 5.21. The number of rotatable bonds is 4. The molecular weight excluding hydrogens is 338 g/mol. The van der Waals surface area contributed by atoms with Gasteiger partial charge in [0.1, 0.15) is 0 Å². The Hall–Kier alpha value is -1.32. The summed E-state index contributed by atoms with van der Waals surface area (Å²) >= 11 is 9.26. The first-order valence-corrected chi connectivity index (χ1v) is 7.44. The lowest BCUT2D eigenvalue weighted by Crippen LogP contribution is -2.27. The van der Waals surface area contributed by atoms with Gasteiger partial charge in [-0.2, -0.15) is 0 Å². The molecule has 0 aliphatic carbocycles. The molecule has 0 fully saturated rings. The summed E-state index contributed by atoms with van der Waals surface area (Å²) in [7, 11) is 1.81. The first-order chi connectivity index (χ1) is 9.54. The SMILES string of the molecule is CN(Cc1ccc(Cl)cc1)C(=O)Cc1cccc(Br)c1. The Morgan fingerprint density at radius 2 is 1.85 bits per heavy atom. The highest BCUT2D eigenvalue weighted by atomic mass is 79.9. The van der Waals surface area contributed by atoms with Crippen LogP contribution in [0.15, 0.2) is 53.0 Å². The molecule has 0 heterocycles. The zero-order valence-corrected chi connectivity index (χ0v) is 13.5. The summed E-state index contributed by atoms with van der Waals surface area (Å²) in [6.07, 6.45) is 0.406. The van der Waals surface area contributed by atoms with Crippen LogP contribution in [0.4, 0.5) is 0 Å². The molecule has 2 rings (SSSR count). The Morgan fingerprint density at radius 3 is 2.50 bits per heavy atom. The van der Waals surface area contributed by atoms with E-state index < -0.39 is 0 Å². The number of halogens is 2. The molecule has 0 atom stereocenters. The van der Waals surface area contributed by atoms with Gasteiger partial charge >= 0.3 is 0 Å². The number of carbonyl (C=O) groups is 1. The van der Waals surface area contributed by atoms with Gasteiger partial charge in [0, 0.05) is 23.1 Å². The van der Waals surface area contributed by atoms with E-state index in [9.17, 15) is 4.79 Å². The van der Waals surface area contributed by atoms with Gasteiger partial charge in [0.25, 0.3) is 0 Å². The lowest BCUT2D eigenvalue weighted by atomic mass is 10.1. The standard InChI is InChI=1S/C16H15BrClNO/c1-19(11-12-5-7-15(18)8-6-12)16(20)10-13-3-2-4-14(17)9-13/h2-9H,10-11H2,1H3. The van der Waals surface area contributed by atoms with Gasteiger partial charge in [-0.1, -0.05) is 51.8 Å². The van der Waals surface area contributed by atoms with Gasteiger partial charge in [-0.3, -0.25) is 4.79 Å². The average Bonchev–Trinajstić information content (AvgIpc) is 2.41. The maximum Gasteiger partial charge on any atom is 0.227 e. The Labute approximate surface area is 132 Å². The third-order valence-corrected chi connectivity index (χ3v) is 3.75. The van der Waals surface area contributed by atoms with Gasteiger partial charge in [0.2, 0.25) is 5.91 Å². The summed E-state index contributed by atoms with van der Waals surface area (Å²) in [6.45, 7) is 0.587. The van der Waals surface area contributed by atoms with Crippen molar-refractivity contribution < 1.29 is 4.79 Å². The van der Waals surface area contributed by atoms with Crippen LogP contribution in [0.3, 0.4) is 0 Å². The van der Waals surface area contributed by atoms with E-state index in [0.717, 1.165) is 15.6 Å². The second-order valence-electron chi connectivity index (χ2n) is 4.68. The van der Waals surface area contributed by atoms with E-state index in [1.165, 1.54) is 0 Å². The van der Waals surface area contributed by atoms with Crippen LogP contribution in [0.1, 0.15) is 11.1 Å². The van der Waals surface area contributed by atoms with Crippen LogP contribution in [0.25, 0.3) is 0 Å². The molecule has 20 heavy (non-hydrogen) atoms. The topological polar surface area (TPSA) is 20.3 Å². The predicted molar refractivity (Wildman–Crippen MR) is 85.8 cm³/mol. The van der Waals surface area contributed by atoms with Crippen molar-refractivity contribution in [1.82, 2.24) is 4.90 Å². The van der Waals surface area contributed by atoms with E-state index in [1.807, 2.05) is 55.6 Å². The molecule has 1 amide bonds. The molecular formula is C16H15BrClNO. The highest BCUT2D eigenvalue weighted by molar-refractivity contribution is 9.10. The van der Waals surface area contributed by atoms with Crippen LogP contribution in [0, 0.1) is 0 Å². The Morgan fingerprint density at radius 1 is 1.15 bits per heavy atom. The van der Waals surface area contributed by atoms with E-state index in [0.29, 0.717) is 18.0 Å². The summed E-state index contributed by atoms with van der Waals surface area (Å²) in [5, 5.41) is 0.705. The van der Waals surface area contributed by atoms with Crippen molar-refractivity contribution >= 4 is 33.4 Å². The fourth-order valence-corrected chi connectivity index (χ4v) is 2.48. The third-order valence-electron chi connectivity index (χ3n) is 3.00. The van der Waals surface area contributed by atoms with Crippen molar-refractivity contribution in [3.05, 3.63) is 69.2 Å². The highest BCUT2D eigenvalue weighted by Crippen LogP contribution is 2.14. The maximum absolute atomic E-state index is 12.2. The third kappa shape index (κ3) is 4.36. The number of benzene rings is 2. The fraction of sp³-hybridized carbons (Fsp3) is 0.188. The van der Waals surface area contributed by atoms with Gasteiger partial charge in [-0.05, 0) is 35.4 Å². The molecule has 2 aromatic carbocycles. The van der Waals surface area contributed by atoms with Crippen molar-refractivity contribution in [3.63, 3.8) is 0 Å².